The van der Waals surface area contributed by atoms with Crippen LogP contribution in [-0.4, -0.2) is 0 Å². The Balaban J connectivity index is 1.59. The third kappa shape index (κ3) is 2.59. The van der Waals surface area contributed by atoms with Crippen LogP contribution in [0.4, 0.5) is 0 Å². The average molecular weight is 409 g/mol. The zero-order valence-corrected chi connectivity index (χ0v) is 17.8. The molecule has 0 nitrogen and oxygen atoms in total. The number of halogens is 1. The molecule has 0 saturated heterocycles. The van der Waals surface area contributed by atoms with E-state index >= 15 is 0 Å². The fraction of sp³-hybridized carbons (Fsp3) is 0.310. The minimum absolute atomic E-state index is 0.686. The standard InChI is InChI=1S/C29H25Cl/c30-25-6-5-21-15-29-27(16-22(21)12-25)24-10-17-7-18(11-24)9-23(8-17)26-13-19-3-1-2-4-20(19)14-28(26)29/h1-6,12-18,23-24H,7-11H2. The normalized spacial score (nSPS) is 26.8. The predicted octanol–water partition coefficient (Wildman–Crippen LogP) is 8.70. The fourth-order valence-electron chi connectivity index (χ4n) is 7.04. The quantitative estimate of drug-likeness (QED) is 0.273. The van der Waals surface area contributed by atoms with Crippen LogP contribution in [-0.2, 0) is 0 Å². The van der Waals surface area contributed by atoms with Crippen molar-refractivity contribution in [1.29, 1.82) is 0 Å². The lowest BCUT2D eigenvalue weighted by Gasteiger charge is -2.42. The van der Waals surface area contributed by atoms with Crippen LogP contribution < -0.4 is 0 Å². The molecule has 0 heterocycles. The maximum atomic E-state index is 6.37. The monoisotopic (exact) mass is 408 g/mol. The van der Waals surface area contributed by atoms with E-state index in [9.17, 15) is 0 Å². The summed E-state index contributed by atoms with van der Waals surface area (Å²) in [5.74, 6) is 3.16. The van der Waals surface area contributed by atoms with Crippen molar-refractivity contribution >= 4 is 33.1 Å². The van der Waals surface area contributed by atoms with Gasteiger partial charge in [0.25, 0.3) is 0 Å². The van der Waals surface area contributed by atoms with Crippen molar-refractivity contribution in [2.24, 2.45) is 11.8 Å². The second kappa shape index (κ2) is 6.34. The first-order chi connectivity index (χ1) is 14.7. The Bertz CT molecular complexity index is 1300. The Hall–Kier alpha value is -2.31. The minimum atomic E-state index is 0.686. The van der Waals surface area contributed by atoms with Gasteiger partial charge in [-0.05, 0) is 124 Å². The summed E-state index contributed by atoms with van der Waals surface area (Å²) in [6.45, 7) is 0. The zero-order chi connectivity index (χ0) is 19.8. The second-order valence-electron chi connectivity index (χ2n) is 10.0. The second-order valence-corrected chi connectivity index (χ2v) is 10.5. The van der Waals surface area contributed by atoms with E-state index < -0.39 is 0 Å². The van der Waals surface area contributed by atoms with Crippen LogP contribution in [0.5, 0.6) is 0 Å². The van der Waals surface area contributed by atoms with Gasteiger partial charge in [-0.3, -0.25) is 0 Å². The summed E-state index contributed by atoms with van der Waals surface area (Å²) in [5.41, 5.74) is 6.13. The van der Waals surface area contributed by atoms with Crippen LogP contribution in [0.25, 0.3) is 32.7 Å². The van der Waals surface area contributed by atoms with Crippen LogP contribution in [0.15, 0.2) is 66.7 Å². The molecule has 4 aromatic carbocycles. The molecule has 8 rings (SSSR count). The molecular formula is C29H25Cl. The third-order valence-corrected chi connectivity index (χ3v) is 8.43. The smallest absolute Gasteiger partial charge is 0.0412 e. The average Bonchev–Trinajstić information content (AvgIpc) is 2.81. The highest BCUT2D eigenvalue weighted by molar-refractivity contribution is 6.31. The molecule has 2 fully saturated rings. The first-order valence-electron chi connectivity index (χ1n) is 11.5. The van der Waals surface area contributed by atoms with Crippen LogP contribution in [0.3, 0.4) is 0 Å². The van der Waals surface area contributed by atoms with Gasteiger partial charge in [0.05, 0.1) is 0 Å². The summed E-state index contributed by atoms with van der Waals surface area (Å²) in [6, 6.07) is 25.2. The van der Waals surface area contributed by atoms with Crippen molar-refractivity contribution in [2.75, 3.05) is 0 Å². The molecule has 4 aliphatic carbocycles. The molecule has 0 N–H and O–H groups in total. The van der Waals surface area contributed by atoms with Crippen LogP contribution in [0.2, 0.25) is 5.02 Å². The molecule has 148 valence electrons. The van der Waals surface area contributed by atoms with Gasteiger partial charge in [0.1, 0.15) is 0 Å². The molecule has 30 heavy (non-hydrogen) atoms. The van der Waals surface area contributed by atoms with Gasteiger partial charge in [-0.2, -0.15) is 0 Å². The first kappa shape index (κ1) is 17.4. The SMILES string of the molecule is Clc1ccc2cc3c(cc2c1)C1CC2CC(CC(C2)c2cc4ccccc4cc2-3)C1. The van der Waals surface area contributed by atoms with Gasteiger partial charge in [-0.1, -0.05) is 54.1 Å². The maximum absolute atomic E-state index is 6.37. The van der Waals surface area contributed by atoms with Gasteiger partial charge in [0.2, 0.25) is 0 Å². The number of hydrogen-bond acceptors (Lipinski definition) is 0. The topological polar surface area (TPSA) is 0 Å². The van der Waals surface area contributed by atoms with Crippen LogP contribution >= 0.6 is 11.6 Å². The lowest BCUT2D eigenvalue weighted by atomic mass is 9.63. The van der Waals surface area contributed by atoms with Gasteiger partial charge < -0.3 is 0 Å². The van der Waals surface area contributed by atoms with Gasteiger partial charge in [0.15, 0.2) is 0 Å². The Morgan fingerprint density at radius 1 is 0.533 bits per heavy atom. The molecular weight excluding hydrogens is 384 g/mol. The minimum Gasteiger partial charge on any atom is -0.0843 e. The van der Waals surface area contributed by atoms with E-state index in [2.05, 4.69) is 60.7 Å². The van der Waals surface area contributed by atoms with Crippen molar-refractivity contribution in [3.63, 3.8) is 0 Å². The molecule has 0 spiro atoms. The summed E-state index contributed by atoms with van der Waals surface area (Å²) in [5, 5.41) is 6.17. The van der Waals surface area contributed by atoms with Gasteiger partial charge in [-0.25, -0.2) is 0 Å². The molecule has 0 aliphatic heterocycles. The van der Waals surface area contributed by atoms with E-state index in [1.807, 2.05) is 6.07 Å². The van der Waals surface area contributed by atoms with E-state index in [1.165, 1.54) is 64.8 Å². The molecule has 0 radical (unpaired) electrons. The number of rotatable bonds is 0. The number of fused-ring (bicyclic) bond motifs is 2. The van der Waals surface area contributed by atoms with Gasteiger partial charge in [0, 0.05) is 5.02 Å². The van der Waals surface area contributed by atoms with Crippen molar-refractivity contribution in [1.82, 2.24) is 0 Å². The van der Waals surface area contributed by atoms with Crippen molar-refractivity contribution in [3.05, 3.63) is 82.9 Å². The fourth-order valence-corrected chi connectivity index (χ4v) is 7.23. The van der Waals surface area contributed by atoms with E-state index in [1.54, 1.807) is 11.1 Å². The Morgan fingerprint density at radius 2 is 1.07 bits per heavy atom. The molecule has 2 saturated carbocycles. The summed E-state index contributed by atoms with van der Waals surface area (Å²) >= 11 is 6.37. The van der Waals surface area contributed by atoms with Crippen molar-refractivity contribution in [2.45, 2.75) is 43.9 Å². The van der Waals surface area contributed by atoms with E-state index in [4.69, 9.17) is 11.6 Å². The van der Waals surface area contributed by atoms with E-state index in [-0.39, 0.29) is 0 Å². The highest BCUT2D eigenvalue weighted by Crippen LogP contribution is 2.56. The Labute approximate surface area is 182 Å². The van der Waals surface area contributed by atoms with E-state index in [0.29, 0.717) is 11.8 Å². The Morgan fingerprint density at radius 3 is 1.70 bits per heavy atom. The number of benzene rings is 4. The molecule has 2 atom stereocenters. The van der Waals surface area contributed by atoms with Crippen molar-refractivity contribution in [3.8, 4) is 11.1 Å². The summed E-state index contributed by atoms with van der Waals surface area (Å²) in [7, 11) is 0. The molecule has 1 heteroatoms. The zero-order valence-electron chi connectivity index (χ0n) is 17.1. The van der Waals surface area contributed by atoms with Gasteiger partial charge >= 0.3 is 0 Å². The molecule has 0 amide bonds. The van der Waals surface area contributed by atoms with E-state index in [0.717, 1.165) is 16.9 Å². The first-order valence-corrected chi connectivity index (χ1v) is 11.9. The highest BCUT2D eigenvalue weighted by atomic mass is 35.5. The van der Waals surface area contributed by atoms with Crippen molar-refractivity contribution < 1.29 is 0 Å². The predicted molar refractivity (Wildman–Crippen MR) is 127 cm³/mol. The lowest BCUT2D eigenvalue weighted by Crippen LogP contribution is -2.29. The Kier molecular flexibility index (Phi) is 3.68. The summed E-state index contributed by atoms with van der Waals surface area (Å²) in [4.78, 5) is 0. The maximum Gasteiger partial charge on any atom is 0.0412 e. The summed E-state index contributed by atoms with van der Waals surface area (Å²) in [6.07, 6.45) is 6.92. The van der Waals surface area contributed by atoms with Gasteiger partial charge in [-0.15, -0.1) is 0 Å². The highest BCUT2D eigenvalue weighted by Gasteiger charge is 2.40. The lowest BCUT2D eigenvalue weighted by molar-refractivity contribution is 0.153. The summed E-state index contributed by atoms with van der Waals surface area (Å²) < 4.78 is 0. The number of hydrogen-bond donors (Lipinski definition) is 0. The van der Waals surface area contributed by atoms with Crippen LogP contribution in [0, 0.1) is 11.8 Å². The molecule has 4 aromatic rings. The molecule has 0 aromatic heterocycles. The third-order valence-electron chi connectivity index (χ3n) is 8.20. The molecule has 4 aliphatic rings. The largest absolute Gasteiger partial charge is 0.0843 e. The molecule has 2 unspecified atom stereocenters. The van der Waals surface area contributed by atoms with Crippen LogP contribution in [0.1, 0.15) is 55.1 Å². The molecule has 4 bridgehead atoms.